The molecule has 4 rings (SSSR count). The first-order valence-electron chi connectivity index (χ1n) is 9.74. The predicted molar refractivity (Wildman–Crippen MR) is 118 cm³/mol. The van der Waals surface area contributed by atoms with Gasteiger partial charge in [0, 0.05) is 43.2 Å². The highest BCUT2D eigenvalue weighted by Gasteiger charge is 2.23. The minimum absolute atomic E-state index is 0.0297. The second-order valence-electron chi connectivity index (χ2n) is 6.94. The molecule has 0 aliphatic heterocycles. The molecule has 1 amide bonds. The minimum Gasteiger partial charge on any atom is -0.497 e. The quantitative estimate of drug-likeness (QED) is 0.388. The predicted octanol–water partition coefficient (Wildman–Crippen LogP) is 4.53. The summed E-state index contributed by atoms with van der Waals surface area (Å²) in [7, 11) is 2.99. The van der Waals surface area contributed by atoms with Gasteiger partial charge in [0.1, 0.15) is 22.8 Å². The van der Waals surface area contributed by atoms with E-state index in [-0.39, 0.29) is 16.6 Å². The van der Waals surface area contributed by atoms with Gasteiger partial charge in [-0.3, -0.25) is 9.69 Å². The third-order valence-corrected chi connectivity index (χ3v) is 5.86. The molecule has 0 saturated heterocycles. The molecule has 0 bridgehead atoms. The first-order valence-corrected chi connectivity index (χ1v) is 10.6. The molecule has 2 aromatic carbocycles. The summed E-state index contributed by atoms with van der Waals surface area (Å²) in [6.07, 6.45) is 5.79. The van der Waals surface area contributed by atoms with Crippen LogP contribution in [0.1, 0.15) is 16.8 Å². The van der Waals surface area contributed by atoms with Crippen molar-refractivity contribution in [2.24, 2.45) is 0 Å². The lowest BCUT2D eigenvalue weighted by molar-refractivity contribution is 0.0985. The molecule has 0 radical (unpaired) electrons. The van der Waals surface area contributed by atoms with Crippen molar-refractivity contribution >= 4 is 32.6 Å². The van der Waals surface area contributed by atoms with Gasteiger partial charge < -0.3 is 14.0 Å². The van der Waals surface area contributed by atoms with Gasteiger partial charge >= 0.3 is 0 Å². The van der Waals surface area contributed by atoms with Crippen molar-refractivity contribution in [1.82, 2.24) is 14.5 Å². The Kier molecular flexibility index (Phi) is 6.31. The van der Waals surface area contributed by atoms with Gasteiger partial charge in [-0.15, -0.1) is 0 Å². The number of hydrogen-bond donors (Lipinski definition) is 0. The Balaban J connectivity index is 1.70. The van der Waals surface area contributed by atoms with Crippen LogP contribution in [-0.2, 0) is 6.54 Å². The fraction of sp³-hybridized carbons (Fsp3) is 0.227. The molecule has 4 aromatic rings. The van der Waals surface area contributed by atoms with Crippen molar-refractivity contribution in [2.45, 2.75) is 13.0 Å². The highest BCUT2D eigenvalue weighted by atomic mass is 32.1. The highest BCUT2D eigenvalue weighted by molar-refractivity contribution is 7.22. The van der Waals surface area contributed by atoms with Gasteiger partial charge in [0.05, 0.1) is 25.2 Å². The first-order chi connectivity index (χ1) is 15.5. The molecule has 0 aliphatic carbocycles. The van der Waals surface area contributed by atoms with Crippen molar-refractivity contribution in [2.75, 3.05) is 25.7 Å². The van der Waals surface area contributed by atoms with Crippen molar-refractivity contribution in [3.8, 4) is 11.5 Å². The summed E-state index contributed by atoms with van der Waals surface area (Å²) in [6, 6.07) is 6.85. The summed E-state index contributed by atoms with van der Waals surface area (Å²) >= 11 is 1.06. The van der Waals surface area contributed by atoms with Gasteiger partial charge in [-0.25, -0.2) is 18.7 Å². The van der Waals surface area contributed by atoms with Gasteiger partial charge in [-0.05, 0) is 24.6 Å². The number of benzene rings is 2. The number of nitrogens with zero attached hydrogens (tertiary/aromatic N) is 4. The van der Waals surface area contributed by atoms with E-state index in [0.29, 0.717) is 41.3 Å². The average molecular weight is 458 g/mol. The van der Waals surface area contributed by atoms with Crippen molar-refractivity contribution in [1.29, 1.82) is 0 Å². The maximum absolute atomic E-state index is 14.2. The lowest BCUT2D eigenvalue weighted by Crippen LogP contribution is -2.32. The maximum Gasteiger partial charge on any atom is 0.260 e. The number of hydrogen-bond acceptors (Lipinski definition) is 6. The Hall–Kier alpha value is -3.53. The first kappa shape index (κ1) is 21.7. The summed E-state index contributed by atoms with van der Waals surface area (Å²) in [4.78, 5) is 23.3. The number of thiazole rings is 1. The Morgan fingerprint density at radius 2 is 1.88 bits per heavy atom. The van der Waals surface area contributed by atoms with Gasteiger partial charge in [0.15, 0.2) is 10.9 Å². The zero-order valence-corrected chi connectivity index (χ0v) is 18.2. The summed E-state index contributed by atoms with van der Waals surface area (Å²) in [6.45, 7) is 0.930. The van der Waals surface area contributed by atoms with Crippen LogP contribution in [0.5, 0.6) is 11.5 Å². The number of aryl methyl sites for hydroxylation is 1. The molecule has 0 atom stereocenters. The van der Waals surface area contributed by atoms with Gasteiger partial charge in [0.25, 0.3) is 5.91 Å². The van der Waals surface area contributed by atoms with Gasteiger partial charge in [0.2, 0.25) is 0 Å². The summed E-state index contributed by atoms with van der Waals surface area (Å²) in [5.41, 5.74) is 0.358. The van der Waals surface area contributed by atoms with E-state index < -0.39 is 11.6 Å². The summed E-state index contributed by atoms with van der Waals surface area (Å²) < 4.78 is 40.7. The van der Waals surface area contributed by atoms with Crippen LogP contribution in [0.25, 0.3) is 10.2 Å². The standard InChI is InChI=1S/C22H20F2N4O3S/c1-30-16-8-14(9-17(12-16)31-2)21(29)28(6-3-5-27-7-4-25-13-27)22-26-20-18(24)10-15(23)11-19(20)32-22/h4,7-13H,3,5-6H2,1-2H3. The lowest BCUT2D eigenvalue weighted by Gasteiger charge is -2.20. The third kappa shape index (κ3) is 4.54. The normalized spacial score (nSPS) is 11.0. The molecule has 10 heteroatoms. The molecule has 0 N–H and O–H groups in total. The van der Waals surface area contributed by atoms with E-state index in [1.807, 2.05) is 10.8 Å². The number of fused-ring (bicyclic) bond motifs is 1. The van der Waals surface area contributed by atoms with E-state index in [9.17, 15) is 13.6 Å². The van der Waals surface area contributed by atoms with Crippen LogP contribution in [0.3, 0.4) is 0 Å². The zero-order chi connectivity index (χ0) is 22.7. The molecule has 0 aliphatic rings. The maximum atomic E-state index is 14.2. The van der Waals surface area contributed by atoms with Crippen LogP contribution in [0, 0.1) is 11.6 Å². The number of rotatable bonds is 8. The number of methoxy groups -OCH3 is 2. The fourth-order valence-electron chi connectivity index (χ4n) is 3.26. The largest absolute Gasteiger partial charge is 0.497 e. The molecule has 7 nitrogen and oxygen atoms in total. The average Bonchev–Trinajstić information content (AvgIpc) is 3.46. The van der Waals surface area contributed by atoms with Crippen molar-refractivity contribution < 1.29 is 23.0 Å². The molecule has 166 valence electrons. The topological polar surface area (TPSA) is 69.5 Å². The minimum atomic E-state index is -0.767. The van der Waals surface area contributed by atoms with E-state index in [1.165, 1.54) is 25.2 Å². The zero-order valence-electron chi connectivity index (χ0n) is 17.4. The lowest BCUT2D eigenvalue weighted by atomic mass is 10.1. The SMILES string of the molecule is COc1cc(OC)cc(C(=O)N(CCCn2ccnc2)c2nc3c(F)cc(F)cc3s2)c1. The number of carbonyl (C=O) groups excluding carboxylic acids is 1. The van der Waals surface area contributed by atoms with Crippen molar-refractivity contribution in [3.63, 3.8) is 0 Å². The Bertz CT molecular complexity index is 1220. The Morgan fingerprint density at radius 1 is 1.12 bits per heavy atom. The third-order valence-electron chi connectivity index (χ3n) is 4.83. The van der Waals surface area contributed by atoms with Crippen LogP contribution in [0.4, 0.5) is 13.9 Å². The number of anilines is 1. The molecule has 2 heterocycles. The molecule has 32 heavy (non-hydrogen) atoms. The Morgan fingerprint density at radius 3 is 2.53 bits per heavy atom. The second kappa shape index (κ2) is 9.31. The van der Waals surface area contributed by atoms with Gasteiger partial charge in [-0.2, -0.15) is 0 Å². The van der Waals surface area contributed by atoms with Crippen LogP contribution in [0.15, 0.2) is 49.1 Å². The van der Waals surface area contributed by atoms with E-state index >= 15 is 0 Å². The van der Waals surface area contributed by atoms with E-state index in [1.54, 1.807) is 30.7 Å². The molecular weight excluding hydrogens is 438 g/mol. The molecule has 0 unspecified atom stereocenters. The van der Waals surface area contributed by atoms with Crippen LogP contribution in [-0.4, -0.2) is 41.2 Å². The fourth-order valence-corrected chi connectivity index (χ4v) is 4.29. The number of imidazole rings is 1. The smallest absolute Gasteiger partial charge is 0.260 e. The van der Waals surface area contributed by atoms with E-state index in [0.717, 1.165) is 17.4 Å². The number of aromatic nitrogens is 3. The molecular formula is C22H20F2N4O3S. The second-order valence-corrected chi connectivity index (χ2v) is 7.95. The van der Waals surface area contributed by atoms with Crippen LogP contribution >= 0.6 is 11.3 Å². The number of amides is 1. The number of carbonyl (C=O) groups is 1. The monoisotopic (exact) mass is 458 g/mol. The van der Waals surface area contributed by atoms with Gasteiger partial charge in [-0.1, -0.05) is 11.3 Å². The molecule has 0 fully saturated rings. The number of ether oxygens (including phenoxy) is 2. The van der Waals surface area contributed by atoms with Crippen LogP contribution in [0.2, 0.25) is 0 Å². The van der Waals surface area contributed by atoms with E-state index in [4.69, 9.17) is 9.47 Å². The molecule has 0 spiro atoms. The molecule has 2 aromatic heterocycles. The van der Waals surface area contributed by atoms with Crippen molar-refractivity contribution in [3.05, 3.63) is 66.3 Å². The van der Waals surface area contributed by atoms with E-state index in [2.05, 4.69) is 9.97 Å². The summed E-state index contributed by atoms with van der Waals surface area (Å²) in [5.74, 6) is -0.892. The van der Waals surface area contributed by atoms with Crippen LogP contribution < -0.4 is 14.4 Å². The highest BCUT2D eigenvalue weighted by Crippen LogP contribution is 2.33. The molecule has 0 saturated carbocycles. The summed E-state index contributed by atoms with van der Waals surface area (Å²) in [5, 5.41) is 0.280. The number of halogens is 2. The Labute approximate surface area is 186 Å².